The van der Waals surface area contributed by atoms with Crippen LogP contribution in [0.1, 0.15) is 24.3 Å². The summed E-state index contributed by atoms with van der Waals surface area (Å²) >= 11 is 6.10. The monoisotopic (exact) mass is 273 g/mol. The molecule has 2 rings (SSSR count). The molecule has 0 saturated carbocycles. The summed E-state index contributed by atoms with van der Waals surface area (Å²) in [5.41, 5.74) is 0.711. The maximum absolute atomic E-state index is 13.8. The Labute approximate surface area is 111 Å². The van der Waals surface area contributed by atoms with Crippen LogP contribution < -0.4 is 14.8 Å². The van der Waals surface area contributed by atoms with E-state index in [-0.39, 0.29) is 10.9 Å². The predicted molar refractivity (Wildman–Crippen MR) is 69.4 cm³/mol. The van der Waals surface area contributed by atoms with Crippen LogP contribution in [-0.2, 0) is 0 Å². The van der Waals surface area contributed by atoms with Gasteiger partial charge >= 0.3 is 0 Å². The van der Waals surface area contributed by atoms with Crippen LogP contribution in [0.3, 0.4) is 0 Å². The lowest BCUT2D eigenvalue weighted by Crippen LogP contribution is -2.29. The van der Waals surface area contributed by atoms with Gasteiger partial charge in [-0.2, -0.15) is 0 Å². The third kappa shape index (κ3) is 2.40. The average Bonchev–Trinajstić information content (AvgIpc) is 2.42. The molecule has 0 spiro atoms. The quantitative estimate of drug-likeness (QED) is 0.918. The Bertz CT molecular complexity index is 433. The second-order valence-electron chi connectivity index (χ2n) is 4.36. The number of methoxy groups -OCH3 is 2. The Balaban J connectivity index is 2.51. The van der Waals surface area contributed by atoms with Gasteiger partial charge in [-0.05, 0) is 19.4 Å². The molecule has 100 valence electrons. The Hall–Kier alpha value is -1.00. The lowest BCUT2D eigenvalue weighted by atomic mass is 9.90. The van der Waals surface area contributed by atoms with Crippen molar-refractivity contribution in [1.29, 1.82) is 0 Å². The Morgan fingerprint density at radius 1 is 1.39 bits per heavy atom. The van der Waals surface area contributed by atoms with Crippen LogP contribution in [0.2, 0.25) is 5.02 Å². The van der Waals surface area contributed by atoms with E-state index in [9.17, 15) is 4.39 Å². The number of ether oxygens (including phenoxy) is 2. The first-order valence-corrected chi connectivity index (χ1v) is 6.37. The number of nitrogens with one attached hydrogen (secondary N) is 1. The molecule has 1 aliphatic heterocycles. The lowest BCUT2D eigenvalue weighted by molar-refractivity contribution is 0.342. The summed E-state index contributed by atoms with van der Waals surface area (Å²) in [6, 6.07) is 1.26. The van der Waals surface area contributed by atoms with Crippen molar-refractivity contribution in [3.8, 4) is 11.5 Å². The minimum Gasteiger partial charge on any atom is -0.493 e. The zero-order chi connectivity index (χ0) is 13.1. The maximum atomic E-state index is 13.8. The summed E-state index contributed by atoms with van der Waals surface area (Å²) in [5.74, 6) is 0.623. The third-order valence-electron chi connectivity index (χ3n) is 3.30. The van der Waals surface area contributed by atoms with E-state index in [4.69, 9.17) is 21.1 Å². The summed E-state index contributed by atoms with van der Waals surface area (Å²) in [5, 5.41) is 3.43. The van der Waals surface area contributed by atoms with Crippen LogP contribution in [0.25, 0.3) is 0 Å². The molecule has 0 bridgehead atoms. The molecule has 3 nitrogen and oxygen atoms in total. The second kappa shape index (κ2) is 5.76. The van der Waals surface area contributed by atoms with Crippen molar-refractivity contribution in [3.05, 3.63) is 22.5 Å². The maximum Gasteiger partial charge on any atom is 0.165 e. The smallest absolute Gasteiger partial charge is 0.165 e. The van der Waals surface area contributed by atoms with E-state index in [0.717, 1.165) is 25.9 Å². The minimum absolute atomic E-state index is 0.140. The fraction of sp³-hybridized carbons (Fsp3) is 0.538. The summed E-state index contributed by atoms with van der Waals surface area (Å²) in [4.78, 5) is 0. The summed E-state index contributed by atoms with van der Waals surface area (Å²) in [6.45, 7) is 1.77. The molecule has 1 heterocycles. The molecule has 1 atom stereocenters. The van der Waals surface area contributed by atoms with Crippen LogP contribution in [0, 0.1) is 5.82 Å². The number of benzene rings is 1. The van der Waals surface area contributed by atoms with Crippen LogP contribution in [0.4, 0.5) is 4.39 Å². The Morgan fingerprint density at radius 2 is 2.17 bits per heavy atom. The van der Waals surface area contributed by atoms with Crippen molar-refractivity contribution in [2.45, 2.75) is 18.8 Å². The highest BCUT2D eigenvalue weighted by atomic mass is 35.5. The first kappa shape index (κ1) is 13.4. The molecule has 1 unspecified atom stereocenters. The highest BCUT2D eigenvalue weighted by molar-refractivity contribution is 6.31. The van der Waals surface area contributed by atoms with Crippen molar-refractivity contribution in [2.75, 3.05) is 27.3 Å². The summed E-state index contributed by atoms with van der Waals surface area (Å²) in [6.07, 6.45) is 2.01. The van der Waals surface area contributed by atoms with Crippen molar-refractivity contribution in [2.24, 2.45) is 0 Å². The van der Waals surface area contributed by atoms with Gasteiger partial charge in [0, 0.05) is 24.1 Å². The molecule has 0 amide bonds. The molecule has 1 N–H and O–H groups in total. The van der Waals surface area contributed by atoms with E-state index < -0.39 is 5.82 Å². The van der Waals surface area contributed by atoms with Gasteiger partial charge in [-0.3, -0.25) is 0 Å². The SMILES string of the molecule is COc1cc(F)c(Cl)c(C2CCCNC2)c1OC. The topological polar surface area (TPSA) is 30.5 Å². The molecule has 0 radical (unpaired) electrons. The first-order chi connectivity index (χ1) is 8.69. The Morgan fingerprint density at radius 3 is 2.72 bits per heavy atom. The zero-order valence-electron chi connectivity index (χ0n) is 10.6. The van der Waals surface area contributed by atoms with E-state index in [2.05, 4.69) is 5.32 Å². The predicted octanol–water partition coefficient (Wildman–Crippen LogP) is 2.96. The van der Waals surface area contributed by atoms with Crippen molar-refractivity contribution < 1.29 is 13.9 Å². The van der Waals surface area contributed by atoms with Gasteiger partial charge in [0.2, 0.25) is 0 Å². The summed E-state index contributed by atoms with van der Waals surface area (Å²) < 4.78 is 24.3. The zero-order valence-corrected chi connectivity index (χ0v) is 11.3. The van der Waals surface area contributed by atoms with Gasteiger partial charge in [0.25, 0.3) is 0 Å². The summed E-state index contributed by atoms with van der Waals surface area (Å²) in [7, 11) is 3.04. The molecule has 1 saturated heterocycles. The number of hydrogen-bond acceptors (Lipinski definition) is 3. The normalized spacial score (nSPS) is 19.7. The second-order valence-corrected chi connectivity index (χ2v) is 4.74. The van der Waals surface area contributed by atoms with Crippen LogP contribution in [0.5, 0.6) is 11.5 Å². The molecule has 1 aromatic rings. The van der Waals surface area contributed by atoms with E-state index in [1.165, 1.54) is 13.2 Å². The van der Waals surface area contributed by atoms with Crippen LogP contribution in [-0.4, -0.2) is 27.3 Å². The standard InChI is InChI=1S/C13H17ClFNO2/c1-17-10-6-9(15)12(14)11(13(10)18-2)8-4-3-5-16-7-8/h6,8,16H,3-5,7H2,1-2H3. The van der Waals surface area contributed by atoms with E-state index in [1.54, 1.807) is 7.11 Å². The number of rotatable bonds is 3. The molecule has 5 heteroatoms. The van der Waals surface area contributed by atoms with Gasteiger partial charge in [0.15, 0.2) is 11.5 Å². The molecule has 1 aliphatic rings. The number of hydrogen-bond donors (Lipinski definition) is 1. The van der Waals surface area contributed by atoms with Gasteiger partial charge in [-0.1, -0.05) is 11.6 Å². The fourth-order valence-electron chi connectivity index (χ4n) is 2.43. The largest absolute Gasteiger partial charge is 0.493 e. The van der Waals surface area contributed by atoms with Crippen molar-refractivity contribution in [1.82, 2.24) is 5.32 Å². The van der Waals surface area contributed by atoms with Gasteiger partial charge in [-0.15, -0.1) is 0 Å². The molecule has 18 heavy (non-hydrogen) atoms. The van der Waals surface area contributed by atoms with Gasteiger partial charge in [0.05, 0.1) is 19.2 Å². The van der Waals surface area contributed by atoms with Crippen molar-refractivity contribution >= 4 is 11.6 Å². The minimum atomic E-state index is -0.463. The highest BCUT2D eigenvalue weighted by Crippen LogP contribution is 2.43. The molecular weight excluding hydrogens is 257 g/mol. The third-order valence-corrected chi connectivity index (χ3v) is 3.69. The molecular formula is C13H17ClFNO2. The fourth-order valence-corrected chi connectivity index (χ4v) is 2.72. The first-order valence-electron chi connectivity index (χ1n) is 5.99. The van der Waals surface area contributed by atoms with Crippen LogP contribution >= 0.6 is 11.6 Å². The number of piperidine rings is 1. The van der Waals surface area contributed by atoms with Gasteiger partial charge in [0.1, 0.15) is 5.82 Å². The van der Waals surface area contributed by atoms with Gasteiger partial charge in [-0.25, -0.2) is 4.39 Å². The number of halogens is 2. The van der Waals surface area contributed by atoms with E-state index in [0.29, 0.717) is 17.1 Å². The molecule has 1 fully saturated rings. The highest BCUT2D eigenvalue weighted by Gasteiger charge is 2.26. The molecule has 0 aromatic heterocycles. The Kier molecular flexibility index (Phi) is 4.30. The van der Waals surface area contributed by atoms with Gasteiger partial charge < -0.3 is 14.8 Å². The van der Waals surface area contributed by atoms with E-state index >= 15 is 0 Å². The van der Waals surface area contributed by atoms with Crippen LogP contribution in [0.15, 0.2) is 6.07 Å². The molecule has 1 aromatic carbocycles. The molecule has 0 aliphatic carbocycles. The van der Waals surface area contributed by atoms with E-state index in [1.807, 2.05) is 0 Å². The van der Waals surface area contributed by atoms with Crippen molar-refractivity contribution in [3.63, 3.8) is 0 Å². The average molecular weight is 274 g/mol. The lowest BCUT2D eigenvalue weighted by Gasteiger charge is -2.26.